The minimum absolute atomic E-state index is 0.643. The highest BCUT2D eigenvalue weighted by atomic mass is 14.5. The maximum Gasteiger partial charge on any atom is -0.0244 e. The Morgan fingerprint density at radius 3 is 1.67 bits per heavy atom. The van der Waals surface area contributed by atoms with Crippen molar-refractivity contribution in [1.82, 2.24) is 0 Å². The van der Waals surface area contributed by atoms with Crippen molar-refractivity contribution in [3.05, 3.63) is 0 Å². The molecule has 0 heteroatoms. The van der Waals surface area contributed by atoms with Crippen molar-refractivity contribution in [2.24, 2.45) is 23.2 Å². The minimum atomic E-state index is 0.643. The lowest BCUT2D eigenvalue weighted by atomic mass is 9.54. The van der Waals surface area contributed by atoms with Gasteiger partial charge in [0.1, 0.15) is 0 Å². The van der Waals surface area contributed by atoms with E-state index in [2.05, 4.69) is 20.8 Å². The van der Waals surface area contributed by atoms with Crippen LogP contribution in [-0.4, -0.2) is 0 Å². The molecule has 0 saturated heterocycles. The van der Waals surface area contributed by atoms with Gasteiger partial charge >= 0.3 is 0 Å². The SMILES string of the molecule is CCCCCCCCC(C)C(C)(C1CCCCC1)C1CCCCC1. The summed E-state index contributed by atoms with van der Waals surface area (Å²) < 4.78 is 0. The van der Waals surface area contributed by atoms with Crippen LogP contribution in [0.25, 0.3) is 0 Å². The molecule has 0 radical (unpaired) electrons. The summed E-state index contributed by atoms with van der Waals surface area (Å²) in [4.78, 5) is 0. The number of unbranched alkanes of at least 4 members (excludes halogenated alkanes) is 5. The molecule has 2 aliphatic carbocycles. The van der Waals surface area contributed by atoms with Crippen molar-refractivity contribution < 1.29 is 0 Å². The van der Waals surface area contributed by atoms with E-state index in [-0.39, 0.29) is 0 Å². The van der Waals surface area contributed by atoms with E-state index in [9.17, 15) is 0 Å². The standard InChI is InChI=1S/C24H46/c1-4-5-6-7-8-11-16-21(2)24(3,22-17-12-9-13-18-22)23-19-14-10-15-20-23/h21-23H,4-20H2,1-3H3. The molecule has 0 aromatic heterocycles. The van der Waals surface area contributed by atoms with E-state index in [1.807, 2.05) is 0 Å². The first-order valence-corrected chi connectivity index (χ1v) is 11.7. The molecule has 0 nitrogen and oxygen atoms in total. The average molecular weight is 335 g/mol. The molecule has 1 unspecified atom stereocenters. The third kappa shape index (κ3) is 5.50. The minimum Gasteiger partial charge on any atom is -0.0654 e. The lowest BCUT2D eigenvalue weighted by molar-refractivity contribution is -0.0147. The smallest absolute Gasteiger partial charge is 0.0244 e. The predicted octanol–water partition coefficient (Wildman–Crippen LogP) is 8.54. The Balaban J connectivity index is 1.90. The topological polar surface area (TPSA) is 0 Å². The molecule has 142 valence electrons. The van der Waals surface area contributed by atoms with Crippen LogP contribution >= 0.6 is 0 Å². The summed E-state index contributed by atoms with van der Waals surface area (Å²) in [5, 5.41) is 0. The summed E-state index contributed by atoms with van der Waals surface area (Å²) in [5.41, 5.74) is 0.643. The van der Waals surface area contributed by atoms with E-state index in [4.69, 9.17) is 0 Å². The van der Waals surface area contributed by atoms with Crippen LogP contribution in [0.2, 0.25) is 0 Å². The first-order chi connectivity index (χ1) is 11.7. The highest BCUT2D eigenvalue weighted by Gasteiger charge is 2.44. The Morgan fingerprint density at radius 2 is 1.17 bits per heavy atom. The van der Waals surface area contributed by atoms with E-state index < -0.39 is 0 Å². The summed E-state index contributed by atoms with van der Waals surface area (Å²) in [6.45, 7) is 7.69. The predicted molar refractivity (Wildman–Crippen MR) is 108 cm³/mol. The Labute approximate surface area is 153 Å². The van der Waals surface area contributed by atoms with Gasteiger partial charge in [0, 0.05) is 0 Å². The largest absolute Gasteiger partial charge is 0.0654 e. The molecule has 0 spiro atoms. The average Bonchev–Trinajstić information content (AvgIpc) is 2.65. The molecule has 2 aliphatic rings. The fourth-order valence-corrected chi connectivity index (χ4v) is 6.13. The zero-order chi connectivity index (χ0) is 17.3. The number of hydrogen-bond acceptors (Lipinski definition) is 0. The zero-order valence-electron chi connectivity index (χ0n) is 17.3. The molecule has 0 aromatic carbocycles. The van der Waals surface area contributed by atoms with Gasteiger partial charge in [-0.15, -0.1) is 0 Å². The van der Waals surface area contributed by atoms with Crippen LogP contribution in [0, 0.1) is 23.2 Å². The highest BCUT2D eigenvalue weighted by molar-refractivity contribution is 4.94. The van der Waals surface area contributed by atoms with Gasteiger partial charge in [0.05, 0.1) is 0 Å². The normalized spacial score (nSPS) is 22.6. The fourth-order valence-electron chi connectivity index (χ4n) is 6.13. The molecule has 0 bridgehead atoms. The lowest BCUT2D eigenvalue weighted by Crippen LogP contribution is -2.42. The number of hydrogen-bond donors (Lipinski definition) is 0. The summed E-state index contributed by atoms with van der Waals surface area (Å²) in [5.74, 6) is 3.00. The van der Waals surface area contributed by atoms with E-state index in [1.54, 1.807) is 0 Å². The number of rotatable bonds is 10. The van der Waals surface area contributed by atoms with Crippen molar-refractivity contribution in [3.8, 4) is 0 Å². The maximum atomic E-state index is 2.74. The van der Waals surface area contributed by atoms with Crippen LogP contribution in [0.3, 0.4) is 0 Å². The molecule has 1 atom stereocenters. The van der Waals surface area contributed by atoms with Crippen molar-refractivity contribution in [3.63, 3.8) is 0 Å². The van der Waals surface area contributed by atoms with E-state index in [0.29, 0.717) is 5.41 Å². The van der Waals surface area contributed by atoms with Crippen molar-refractivity contribution >= 4 is 0 Å². The van der Waals surface area contributed by atoms with E-state index in [1.165, 1.54) is 109 Å². The van der Waals surface area contributed by atoms with Crippen LogP contribution < -0.4 is 0 Å². The molecule has 2 rings (SSSR count). The molecule has 0 aromatic rings. The fraction of sp³-hybridized carbons (Fsp3) is 1.00. The quantitative estimate of drug-likeness (QED) is 0.351. The van der Waals surface area contributed by atoms with E-state index in [0.717, 1.165) is 17.8 Å². The Hall–Kier alpha value is 0. The van der Waals surface area contributed by atoms with Crippen LogP contribution in [0.15, 0.2) is 0 Å². The van der Waals surface area contributed by atoms with Gasteiger partial charge in [-0.05, 0) is 48.9 Å². The zero-order valence-corrected chi connectivity index (χ0v) is 17.3. The summed E-state index contributed by atoms with van der Waals surface area (Å²) in [7, 11) is 0. The van der Waals surface area contributed by atoms with Crippen molar-refractivity contribution in [2.45, 2.75) is 130 Å². The van der Waals surface area contributed by atoms with Crippen molar-refractivity contribution in [2.75, 3.05) is 0 Å². The maximum absolute atomic E-state index is 2.74. The van der Waals surface area contributed by atoms with Crippen LogP contribution in [0.5, 0.6) is 0 Å². The molecule has 2 fully saturated rings. The second kappa shape index (κ2) is 10.9. The summed E-state index contributed by atoms with van der Waals surface area (Å²) in [6.07, 6.45) is 25.4. The second-order valence-electron chi connectivity index (χ2n) is 9.49. The van der Waals surface area contributed by atoms with Gasteiger partial charge < -0.3 is 0 Å². The molecular formula is C24H46. The molecule has 2 saturated carbocycles. The van der Waals surface area contributed by atoms with Gasteiger partial charge in [-0.2, -0.15) is 0 Å². The molecule has 0 heterocycles. The van der Waals surface area contributed by atoms with Crippen LogP contribution in [0.4, 0.5) is 0 Å². The van der Waals surface area contributed by atoms with E-state index >= 15 is 0 Å². The molecule has 24 heavy (non-hydrogen) atoms. The Morgan fingerprint density at radius 1 is 0.708 bits per heavy atom. The van der Waals surface area contributed by atoms with Gasteiger partial charge in [-0.25, -0.2) is 0 Å². The monoisotopic (exact) mass is 334 g/mol. The Bertz CT molecular complexity index is 288. The summed E-state index contributed by atoms with van der Waals surface area (Å²) in [6, 6.07) is 0. The van der Waals surface area contributed by atoms with Gasteiger partial charge in [0.2, 0.25) is 0 Å². The van der Waals surface area contributed by atoms with Crippen molar-refractivity contribution in [1.29, 1.82) is 0 Å². The van der Waals surface area contributed by atoms with Crippen LogP contribution in [-0.2, 0) is 0 Å². The molecule has 0 amide bonds. The highest BCUT2D eigenvalue weighted by Crippen LogP contribution is 2.54. The van der Waals surface area contributed by atoms with Gasteiger partial charge in [0.25, 0.3) is 0 Å². The molecule has 0 N–H and O–H groups in total. The summed E-state index contributed by atoms with van der Waals surface area (Å²) >= 11 is 0. The van der Waals surface area contributed by atoms with Gasteiger partial charge in [0.15, 0.2) is 0 Å². The Kier molecular flexibility index (Phi) is 9.20. The molecule has 0 aliphatic heterocycles. The third-order valence-corrected chi connectivity index (χ3v) is 8.02. The van der Waals surface area contributed by atoms with Gasteiger partial charge in [-0.1, -0.05) is 104 Å². The first kappa shape index (κ1) is 20.3. The second-order valence-corrected chi connectivity index (χ2v) is 9.49. The molecular weight excluding hydrogens is 288 g/mol. The van der Waals surface area contributed by atoms with Crippen LogP contribution in [0.1, 0.15) is 130 Å². The first-order valence-electron chi connectivity index (χ1n) is 11.7. The lowest BCUT2D eigenvalue weighted by Gasteiger charge is -2.51. The third-order valence-electron chi connectivity index (χ3n) is 8.02. The van der Waals surface area contributed by atoms with Gasteiger partial charge in [-0.3, -0.25) is 0 Å².